The van der Waals surface area contributed by atoms with E-state index in [1.807, 2.05) is 0 Å². The first-order chi connectivity index (χ1) is 17.6. The lowest BCUT2D eigenvalue weighted by Gasteiger charge is -2.15. The van der Waals surface area contributed by atoms with E-state index in [-0.39, 0.29) is 28.5 Å². The van der Waals surface area contributed by atoms with Crippen LogP contribution in [0.3, 0.4) is 0 Å². The van der Waals surface area contributed by atoms with Gasteiger partial charge in [-0.2, -0.15) is 18.2 Å². The van der Waals surface area contributed by atoms with E-state index in [1.54, 1.807) is 0 Å². The van der Waals surface area contributed by atoms with Crippen molar-refractivity contribution in [2.45, 2.75) is 13.0 Å². The van der Waals surface area contributed by atoms with Crippen molar-refractivity contribution in [1.29, 1.82) is 0 Å². The van der Waals surface area contributed by atoms with Gasteiger partial charge in [-0.15, -0.1) is 5.10 Å². The molecule has 0 aromatic carbocycles. The third-order valence-corrected chi connectivity index (χ3v) is 4.93. The van der Waals surface area contributed by atoms with Crippen LogP contribution in [-0.2, 0) is 11.8 Å². The number of hydrogen-bond acceptors (Lipinski definition) is 8. The van der Waals surface area contributed by atoms with Crippen molar-refractivity contribution in [2.75, 3.05) is 10.6 Å². The molecule has 0 saturated carbocycles. The molecule has 15 heteroatoms. The molecule has 4 aromatic rings. The highest BCUT2D eigenvalue weighted by molar-refractivity contribution is 6.04. The Balaban J connectivity index is 1.46. The zero-order valence-corrected chi connectivity index (χ0v) is 19.0. The number of halogens is 4. The molecule has 4 heterocycles. The van der Waals surface area contributed by atoms with E-state index in [0.717, 1.165) is 18.2 Å². The van der Waals surface area contributed by atoms with Crippen molar-refractivity contribution in [1.82, 2.24) is 29.9 Å². The third-order valence-electron chi connectivity index (χ3n) is 4.93. The maximum Gasteiger partial charge on any atom is 0.413 e. The van der Waals surface area contributed by atoms with Gasteiger partial charge in [0.1, 0.15) is 11.9 Å². The van der Waals surface area contributed by atoms with Crippen LogP contribution >= 0.6 is 0 Å². The van der Waals surface area contributed by atoms with Crippen LogP contribution in [0.15, 0.2) is 42.7 Å². The molecule has 0 bridgehead atoms. The Kier molecular flexibility index (Phi) is 7.04. The fraction of sp³-hybridized carbons (Fsp3) is 0.136. The van der Waals surface area contributed by atoms with E-state index in [1.165, 1.54) is 37.0 Å². The van der Waals surface area contributed by atoms with Gasteiger partial charge in [0.05, 0.1) is 34.9 Å². The van der Waals surface area contributed by atoms with Crippen LogP contribution in [0.4, 0.5) is 33.9 Å². The molecule has 1 atom stereocenters. The van der Waals surface area contributed by atoms with Crippen molar-refractivity contribution in [2.24, 2.45) is 7.05 Å². The monoisotopic (exact) mass is 516 g/mol. The molecule has 0 unspecified atom stereocenters. The van der Waals surface area contributed by atoms with Crippen LogP contribution in [0.5, 0.6) is 0 Å². The van der Waals surface area contributed by atoms with E-state index in [0.29, 0.717) is 6.20 Å². The second-order valence-electron chi connectivity index (χ2n) is 7.47. The normalized spacial score (nSPS) is 11.6. The van der Waals surface area contributed by atoms with E-state index in [2.05, 4.69) is 35.9 Å². The zero-order valence-electron chi connectivity index (χ0n) is 19.0. The van der Waals surface area contributed by atoms with Gasteiger partial charge in [0.15, 0.2) is 11.5 Å². The average Bonchev–Trinajstić information content (AvgIpc) is 3.20. The van der Waals surface area contributed by atoms with Gasteiger partial charge in [0.2, 0.25) is 17.8 Å². The second kappa shape index (κ2) is 10.3. The lowest BCUT2D eigenvalue weighted by Crippen LogP contribution is -2.19. The number of nitrogens with zero attached hydrogens (tertiary/aromatic N) is 6. The summed E-state index contributed by atoms with van der Waals surface area (Å²) in [5.41, 5.74) is -0.196. The predicted octanol–water partition coefficient (Wildman–Crippen LogP) is 3.79. The Labute approximate surface area is 205 Å². The molecule has 0 saturated heterocycles. The summed E-state index contributed by atoms with van der Waals surface area (Å²) in [5, 5.41) is 12.6. The lowest BCUT2D eigenvalue weighted by molar-refractivity contribution is 0.102. The maximum atomic E-state index is 13.9. The summed E-state index contributed by atoms with van der Waals surface area (Å²) in [4.78, 5) is 35.0. The highest BCUT2D eigenvalue weighted by Crippen LogP contribution is 2.26. The van der Waals surface area contributed by atoms with Crippen molar-refractivity contribution in [3.63, 3.8) is 0 Å². The quantitative estimate of drug-likeness (QED) is 0.292. The van der Waals surface area contributed by atoms with Crippen LogP contribution in [0, 0.1) is 23.7 Å². The Hall–Kier alpha value is -4.95. The van der Waals surface area contributed by atoms with Gasteiger partial charge in [-0.1, -0.05) is 5.21 Å². The number of anilines is 2. The number of ether oxygens (including phenoxy) is 1. The van der Waals surface area contributed by atoms with Gasteiger partial charge >= 0.3 is 6.09 Å². The van der Waals surface area contributed by atoms with Gasteiger partial charge in [-0.3, -0.25) is 15.1 Å². The summed E-state index contributed by atoms with van der Waals surface area (Å²) in [6.45, 7) is 1.34. The minimum Gasteiger partial charge on any atom is -0.441 e. The number of carbonyl (C=O) groups excluding carboxylic acids is 2. The van der Waals surface area contributed by atoms with Crippen molar-refractivity contribution >= 4 is 23.5 Å². The molecular formula is C22H16F4N8O3. The smallest absolute Gasteiger partial charge is 0.413 e. The first-order valence-corrected chi connectivity index (χ1v) is 10.4. The molecule has 190 valence electrons. The molecule has 0 aliphatic carbocycles. The number of nitrogens with one attached hydrogen (secondary N) is 2. The van der Waals surface area contributed by atoms with Crippen molar-refractivity contribution < 1.29 is 31.9 Å². The van der Waals surface area contributed by atoms with E-state index < -0.39 is 47.3 Å². The van der Waals surface area contributed by atoms with Gasteiger partial charge in [-0.25, -0.2) is 18.9 Å². The minimum atomic E-state index is -1.27. The fourth-order valence-corrected chi connectivity index (χ4v) is 3.13. The molecule has 0 fully saturated rings. The summed E-state index contributed by atoms with van der Waals surface area (Å²) in [6, 6.07) is 5.52. The molecule has 4 rings (SSSR count). The number of pyridine rings is 3. The van der Waals surface area contributed by atoms with Crippen molar-refractivity contribution in [3.05, 3.63) is 77.5 Å². The van der Waals surface area contributed by atoms with Crippen LogP contribution in [0.2, 0.25) is 0 Å². The summed E-state index contributed by atoms with van der Waals surface area (Å²) in [5.74, 6) is -4.92. The number of rotatable bonds is 6. The molecule has 37 heavy (non-hydrogen) atoms. The molecular weight excluding hydrogens is 500 g/mol. The average molecular weight is 516 g/mol. The Morgan fingerprint density at radius 3 is 2.49 bits per heavy atom. The van der Waals surface area contributed by atoms with Gasteiger partial charge in [0.25, 0.3) is 5.91 Å². The van der Waals surface area contributed by atoms with Gasteiger partial charge < -0.3 is 10.1 Å². The van der Waals surface area contributed by atoms with Crippen molar-refractivity contribution in [3.8, 4) is 11.4 Å². The van der Waals surface area contributed by atoms with E-state index in [9.17, 15) is 27.2 Å². The molecule has 0 radical (unpaired) electrons. The number of aryl methyl sites for hydroxylation is 1. The first-order valence-electron chi connectivity index (χ1n) is 10.4. The summed E-state index contributed by atoms with van der Waals surface area (Å²) >= 11 is 0. The molecule has 0 spiro atoms. The topological polar surface area (TPSA) is 137 Å². The van der Waals surface area contributed by atoms with Crippen LogP contribution < -0.4 is 10.6 Å². The largest absolute Gasteiger partial charge is 0.441 e. The van der Waals surface area contributed by atoms with E-state index in [4.69, 9.17) is 4.74 Å². The van der Waals surface area contributed by atoms with E-state index >= 15 is 0 Å². The van der Waals surface area contributed by atoms with Crippen LogP contribution in [0.1, 0.15) is 28.9 Å². The molecule has 0 aliphatic heterocycles. The number of aromatic nitrogens is 6. The Morgan fingerprint density at radius 2 is 1.78 bits per heavy atom. The van der Waals surface area contributed by atoms with Crippen LogP contribution in [0.25, 0.3) is 11.4 Å². The molecule has 2 N–H and O–H groups in total. The molecule has 11 nitrogen and oxygen atoms in total. The first kappa shape index (κ1) is 25.2. The maximum absolute atomic E-state index is 13.9. The zero-order chi connectivity index (χ0) is 26.7. The second-order valence-corrected chi connectivity index (χ2v) is 7.47. The Bertz CT molecular complexity index is 1480. The standard InChI is InChI=1S/C22H16F4N8O3/c1-10(14-7-11(23)8-28-18(14)25)37-22(36)31-20-17(32-33-34(20)2)15-5-3-12(9-27-15)29-21(35)13-4-6-16(24)30-19(13)26/h3-10H,1-2H3,(H,29,35)(H,31,36)/t10-/m1/s1. The van der Waals surface area contributed by atoms with Crippen LogP contribution in [-0.4, -0.2) is 41.9 Å². The molecule has 0 aliphatic rings. The number of carbonyl (C=O) groups is 2. The van der Waals surface area contributed by atoms with Gasteiger partial charge in [-0.05, 0) is 37.3 Å². The summed E-state index contributed by atoms with van der Waals surface area (Å²) < 4.78 is 60.3. The lowest BCUT2D eigenvalue weighted by atomic mass is 10.2. The molecule has 4 aromatic heterocycles. The SMILES string of the molecule is C[C@@H](OC(=O)Nc1c(-c2ccc(NC(=O)c3ccc(F)nc3F)cn2)nnn1C)c1cc(F)cnc1F. The number of hydrogen-bond donors (Lipinski definition) is 2. The highest BCUT2D eigenvalue weighted by Gasteiger charge is 2.22. The summed E-state index contributed by atoms with van der Waals surface area (Å²) in [6.07, 6.45) is -0.251. The predicted molar refractivity (Wildman–Crippen MR) is 119 cm³/mol. The molecule has 2 amide bonds. The minimum absolute atomic E-state index is 0.0683. The Morgan fingerprint density at radius 1 is 1.00 bits per heavy atom. The fourth-order valence-electron chi connectivity index (χ4n) is 3.13. The van der Waals surface area contributed by atoms with Gasteiger partial charge in [0, 0.05) is 7.05 Å². The summed E-state index contributed by atoms with van der Waals surface area (Å²) in [7, 11) is 1.48. The third kappa shape index (κ3) is 5.66. The number of amides is 2. The highest BCUT2D eigenvalue weighted by atomic mass is 19.1.